The predicted octanol–water partition coefficient (Wildman–Crippen LogP) is 2.60. The van der Waals surface area contributed by atoms with Crippen LogP contribution in [0.4, 0.5) is 16.3 Å². The van der Waals surface area contributed by atoms with E-state index in [1.54, 1.807) is 4.57 Å². The summed E-state index contributed by atoms with van der Waals surface area (Å²) in [6.45, 7) is 6.33. The fourth-order valence-electron chi connectivity index (χ4n) is 4.04. The first-order valence-electron chi connectivity index (χ1n) is 10.2. The van der Waals surface area contributed by atoms with Gasteiger partial charge in [0.15, 0.2) is 5.60 Å². The number of benzene rings is 1. The van der Waals surface area contributed by atoms with Crippen LogP contribution in [0.25, 0.3) is 0 Å². The van der Waals surface area contributed by atoms with Gasteiger partial charge in [0.2, 0.25) is 0 Å². The van der Waals surface area contributed by atoms with Gasteiger partial charge >= 0.3 is 17.9 Å². The van der Waals surface area contributed by atoms with Crippen molar-refractivity contribution in [3.63, 3.8) is 0 Å². The van der Waals surface area contributed by atoms with E-state index in [0.717, 1.165) is 12.1 Å². The van der Waals surface area contributed by atoms with Crippen LogP contribution in [-0.2, 0) is 6.54 Å². The van der Waals surface area contributed by atoms with Crippen LogP contribution in [0.3, 0.4) is 0 Å². The number of piperazine rings is 1. The molecule has 1 unspecified atom stereocenters. The largest absolute Gasteiger partial charge is 0.489 e. The van der Waals surface area contributed by atoms with Crippen LogP contribution in [-0.4, -0.2) is 68.5 Å². The third-order valence-corrected chi connectivity index (χ3v) is 5.70. The molecule has 2 atom stereocenters. The van der Waals surface area contributed by atoms with Crippen LogP contribution >= 0.6 is 0 Å². The Morgan fingerprint density at radius 1 is 1.39 bits per heavy atom. The average molecular weight is 431 g/mol. The average Bonchev–Trinajstić information content (AvgIpc) is 3.27. The molecule has 0 bridgehead atoms. The van der Waals surface area contributed by atoms with Gasteiger partial charge in [-0.25, -0.2) is 4.79 Å². The lowest BCUT2D eigenvalue weighted by molar-refractivity contribution is -0.389. The lowest BCUT2D eigenvalue weighted by Gasteiger charge is -2.40. The molecule has 1 N–H and O–H groups in total. The Morgan fingerprint density at radius 2 is 2.13 bits per heavy atom. The monoisotopic (exact) mass is 431 g/mol. The van der Waals surface area contributed by atoms with Gasteiger partial charge in [0, 0.05) is 30.3 Å². The number of fused-ring (bicyclic) bond motifs is 1. The van der Waals surface area contributed by atoms with E-state index >= 15 is 0 Å². The molecular formula is C20H25N5O6. The third-order valence-electron chi connectivity index (χ3n) is 5.70. The molecule has 2 aromatic rings. The minimum absolute atomic E-state index is 0.0242. The molecule has 1 saturated heterocycles. The van der Waals surface area contributed by atoms with Crippen molar-refractivity contribution < 1.29 is 24.3 Å². The maximum atomic E-state index is 11.4. The van der Waals surface area contributed by atoms with E-state index in [1.807, 2.05) is 38.1 Å². The molecule has 11 heteroatoms. The first-order chi connectivity index (χ1) is 14.8. The van der Waals surface area contributed by atoms with E-state index in [0.29, 0.717) is 31.9 Å². The Kier molecular flexibility index (Phi) is 5.34. The lowest BCUT2D eigenvalue weighted by atomic mass is 10.1. The molecule has 11 nitrogen and oxygen atoms in total. The topological polar surface area (TPSA) is 123 Å². The van der Waals surface area contributed by atoms with Crippen molar-refractivity contribution in [2.24, 2.45) is 0 Å². The smallest absolute Gasteiger partial charge is 0.415 e. The van der Waals surface area contributed by atoms with Crippen molar-refractivity contribution >= 4 is 17.6 Å². The predicted molar refractivity (Wildman–Crippen MR) is 111 cm³/mol. The van der Waals surface area contributed by atoms with Crippen LogP contribution in [0.15, 0.2) is 30.5 Å². The van der Waals surface area contributed by atoms with Gasteiger partial charge in [-0.2, -0.15) is 0 Å². The normalized spacial score (nSPS) is 22.7. The third kappa shape index (κ3) is 4.21. The summed E-state index contributed by atoms with van der Waals surface area (Å²) in [5, 5.41) is 20.1. The minimum atomic E-state index is -0.866. The van der Waals surface area contributed by atoms with E-state index in [-0.39, 0.29) is 24.5 Å². The van der Waals surface area contributed by atoms with Crippen LogP contribution in [0.5, 0.6) is 11.8 Å². The number of rotatable bonds is 6. The number of nitro groups is 1. The number of anilines is 1. The molecule has 1 fully saturated rings. The summed E-state index contributed by atoms with van der Waals surface area (Å²) in [7, 11) is 0. The van der Waals surface area contributed by atoms with Gasteiger partial charge in [-0.15, -0.1) is 0 Å². The number of ether oxygens (including phenoxy) is 2. The maximum absolute atomic E-state index is 11.4. The molecule has 4 rings (SSSR count). The maximum Gasteiger partial charge on any atom is 0.415 e. The zero-order chi connectivity index (χ0) is 22.2. The Bertz CT molecular complexity index is 951. The van der Waals surface area contributed by atoms with E-state index in [1.165, 1.54) is 11.1 Å². The summed E-state index contributed by atoms with van der Waals surface area (Å²) < 4.78 is 13.3. The van der Waals surface area contributed by atoms with E-state index < -0.39 is 16.6 Å². The van der Waals surface area contributed by atoms with Crippen molar-refractivity contribution in [1.29, 1.82) is 0 Å². The number of hydrogen-bond donors (Lipinski definition) is 1. The van der Waals surface area contributed by atoms with Gasteiger partial charge in [0.25, 0.3) is 0 Å². The van der Waals surface area contributed by atoms with Gasteiger partial charge in [-0.05, 0) is 42.5 Å². The molecule has 0 aliphatic carbocycles. The summed E-state index contributed by atoms with van der Waals surface area (Å²) in [6.07, 6.45) is 1.26. The highest BCUT2D eigenvalue weighted by atomic mass is 16.6. The molecule has 166 valence electrons. The molecular weight excluding hydrogens is 406 g/mol. The standard InChI is InChI=1S/C20H25N5O6/c1-3-14-10-22(8-9-24(14)19(26)27)15-4-6-16(7-5-15)30-13-20(2)12-23-11-17(25(28)29)21-18(23)31-20/h4-7,11,14H,3,8-10,12-13H2,1-2H3,(H,26,27)/t14-,20?/m1/s1. The van der Waals surface area contributed by atoms with Gasteiger partial charge in [0.05, 0.1) is 12.6 Å². The van der Waals surface area contributed by atoms with Gasteiger partial charge < -0.3 is 34.5 Å². The fourth-order valence-corrected chi connectivity index (χ4v) is 4.04. The summed E-state index contributed by atoms with van der Waals surface area (Å²) in [6, 6.07) is 7.88. The van der Waals surface area contributed by atoms with Crippen LogP contribution in [0, 0.1) is 10.1 Å². The second-order valence-electron chi connectivity index (χ2n) is 8.09. The Hall–Kier alpha value is -3.50. The van der Waals surface area contributed by atoms with Crippen molar-refractivity contribution in [2.45, 2.75) is 38.5 Å². The van der Waals surface area contributed by atoms with Crippen molar-refractivity contribution in [2.75, 3.05) is 31.1 Å². The number of amides is 1. The Balaban J connectivity index is 1.33. The van der Waals surface area contributed by atoms with Gasteiger partial charge in [-0.3, -0.25) is 4.57 Å². The number of carbonyl (C=O) groups is 1. The number of nitrogens with zero attached hydrogens (tertiary/aromatic N) is 5. The van der Waals surface area contributed by atoms with Crippen molar-refractivity contribution in [3.05, 3.63) is 40.6 Å². The number of hydrogen-bond acceptors (Lipinski definition) is 7. The molecule has 3 heterocycles. The fraction of sp³-hybridized carbons (Fsp3) is 0.500. The number of aromatic nitrogens is 2. The first-order valence-corrected chi connectivity index (χ1v) is 10.2. The first kappa shape index (κ1) is 20.8. The number of carboxylic acid groups (broad SMARTS) is 1. The zero-order valence-corrected chi connectivity index (χ0v) is 17.4. The Morgan fingerprint density at radius 3 is 2.74 bits per heavy atom. The SMILES string of the molecule is CC[C@@H]1CN(c2ccc(OCC3(C)Cn4cc([N+](=O)[O-])nc4O3)cc2)CCN1C(=O)O. The molecule has 1 aromatic carbocycles. The van der Waals surface area contributed by atoms with E-state index in [2.05, 4.69) is 9.88 Å². The van der Waals surface area contributed by atoms with Crippen molar-refractivity contribution in [1.82, 2.24) is 14.5 Å². The number of imidazole rings is 1. The highest BCUT2D eigenvalue weighted by molar-refractivity contribution is 5.66. The van der Waals surface area contributed by atoms with Crippen LogP contribution in [0.1, 0.15) is 20.3 Å². The summed E-state index contributed by atoms with van der Waals surface area (Å²) in [4.78, 5) is 29.2. The Labute approximate surface area is 178 Å². The van der Waals surface area contributed by atoms with Gasteiger partial charge in [0.1, 0.15) is 18.6 Å². The molecule has 1 amide bonds. The second-order valence-corrected chi connectivity index (χ2v) is 8.09. The quantitative estimate of drug-likeness (QED) is 0.547. The highest BCUT2D eigenvalue weighted by Gasteiger charge is 2.41. The highest BCUT2D eigenvalue weighted by Crippen LogP contribution is 2.32. The molecule has 31 heavy (non-hydrogen) atoms. The molecule has 0 spiro atoms. The van der Waals surface area contributed by atoms with E-state index in [4.69, 9.17) is 9.47 Å². The van der Waals surface area contributed by atoms with E-state index in [9.17, 15) is 20.0 Å². The molecule has 2 aliphatic rings. The zero-order valence-electron chi connectivity index (χ0n) is 17.4. The summed E-state index contributed by atoms with van der Waals surface area (Å²) in [5.41, 5.74) is 0.351. The summed E-state index contributed by atoms with van der Waals surface area (Å²) in [5.74, 6) is 0.448. The van der Waals surface area contributed by atoms with Crippen LogP contribution < -0.4 is 14.4 Å². The van der Waals surface area contributed by atoms with Crippen LogP contribution in [0.2, 0.25) is 0 Å². The second kappa shape index (κ2) is 7.97. The minimum Gasteiger partial charge on any atom is -0.489 e. The molecule has 2 aliphatic heterocycles. The lowest BCUT2D eigenvalue weighted by Crippen LogP contribution is -2.54. The van der Waals surface area contributed by atoms with Crippen molar-refractivity contribution in [3.8, 4) is 11.8 Å². The molecule has 0 radical (unpaired) electrons. The molecule has 0 saturated carbocycles. The van der Waals surface area contributed by atoms with Gasteiger partial charge in [-0.1, -0.05) is 6.92 Å². The summed E-state index contributed by atoms with van der Waals surface area (Å²) >= 11 is 0. The molecule has 1 aromatic heterocycles.